The van der Waals surface area contributed by atoms with Crippen LogP contribution in [0.3, 0.4) is 0 Å². The lowest BCUT2D eigenvalue weighted by Crippen LogP contribution is -2.39. The van der Waals surface area contributed by atoms with Crippen molar-refractivity contribution in [3.8, 4) is 0 Å². The first-order valence-corrected chi connectivity index (χ1v) is 6.95. The molecule has 0 aliphatic heterocycles. The van der Waals surface area contributed by atoms with E-state index in [1.807, 2.05) is 0 Å². The molecular weight excluding hydrogens is 200 g/mol. The van der Waals surface area contributed by atoms with Gasteiger partial charge in [0.05, 0.1) is 12.2 Å². The second-order valence-electron chi connectivity index (χ2n) is 5.17. The fraction of sp³-hybridized carbons (Fsp3) is 1.00. The van der Waals surface area contributed by atoms with Crippen molar-refractivity contribution in [3.05, 3.63) is 0 Å². The summed E-state index contributed by atoms with van der Waals surface area (Å²) in [5.41, 5.74) is 0. The molecule has 0 aromatic heterocycles. The molecule has 96 valence electrons. The lowest BCUT2D eigenvalue weighted by atomic mass is 9.73. The first kappa shape index (κ1) is 14.0. The zero-order valence-corrected chi connectivity index (χ0v) is 11.1. The minimum Gasteiger partial charge on any atom is -0.390 e. The van der Waals surface area contributed by atoms with Gasteiger partial charge < -0.3 is 9.84 Å². The molecule has 4 unspecified atom stereocenters. The average molecular weight is 228 g/mol. The molecule has 0 bridgehead atoms. The van der Waals surface area contributed by atoms with Crippen LogP contribution in [-0.2, 0) is 4.74 Å². The third kappa shape index (κ3) is 3.46. The van der Waals surface area contributed by atoms with Crippen molar-refractivity contribution >= 4 is 0 Å². The third-order valence-electron chi connectivity index (χ3n) is 4.19. The highest BCUT2D eigenvalue weighted by Crippen LogP contribution is 2.36. The van der Waals surface area contributed by atoms with E-state index in [0.29, 0.717) is 11.8 Å². The summed E-state index contributed by atoms with van der Waals surface area (Å²) in [4.78, 5) is 0. The minimum atomic E-state index is -0.254. The van der Waals surface area contributed by atoms with E-state index >= 15 is 0 Å². The highest BCUT2D eigenvalue weighted by atomic mass is 16.5. The summed E-state index contributed by atoms with van der Waals surface area (Å²) >= 11 is 0. The Morgan fingerprint density at radius 2 is 1.94 bits per heavy atom. The Bertz CT molecular complexity index is 182. The van der Waals surface area contributed by atoms with Crippen molar-refractivity contribution in [2.24, 2.45) is 11.8 Å². The van der Waals surface area contributed by atoms with Crippen LogP contribution in [0.5, 0.6) is 0 Å². The van der Waals surface area contributed by atoms with Crippen LogP contribution in [0, 0.1) is 11.8 Å². The van der Waals surface area contributed by atoms with Crippen molar-refractivity contribution in [1.29, 1.82) is 0 Å². The van der Waals surface area contributed by atoms with Crippen molar-refractivity contribution in [2.75, 3.05) is 7.11 Å². The van der Waals surface area contributed by atoms with E-state index in [1.165, 1.54) is 32.1 Å². The largest absolute Gasteiger partial charge is 0.390 e. The summed E-state index contributed by atoms with van der Waals surface area (Å²) in [5.74, 6) is 1.17. The number of hydrogen-bond acceptors (Lipinski definition) is 2. The van der Waals surface area contributed by atoms with E-state index in [2.05, 4.69) is 13.8 Å². The highest BCUT2D eigenvalue weighted by Gasteiger charge is 2.33. The predicted octanol–water partition coefficient (Wildman–Crippen LogP) is 3.38. The lowest BCUT2D eigenvalue weighted by molar-refractivity contribution is -0.0677. The van der Waals surface area contributed by atoms with Gasteiger partial charge in [-0.05, 0) is 24.7 Å². The highest BCUT2D eigenvalue weighted by molar-refractivity contribution is 4.84. The first-order chi connectivity index (χ1) is 7.74. The van der Waals surface area contributed by atoms with Gasteiger partial charge in [0, 0.05) is 7.11 Å². The molecule has 0 amide bonds. The number of rotatable bonds is 6. The summed E-state index contributed by atoms with van der Waals surface area (Å²) in [7, 11) is 1.73. The molecule has 1 saturated carbocycles. The third-order valence-corrected chi connectivity index (χ3v) is 4.19. The maximum atomic E-state index is 10.4. The number of aliphatic hydroxyl groups excluding tert-OH is 1. The lowest BCUT2D eigenvalue weighted by Gasteiger charge is -2.37. The number of aliphatic hydroxyl groups is 1. The molecule has 1 rings (SSSR count). The van der Waals surface area contributed by atoms with Crippen molar-refractivity contribution in [1.82, 2.24) is 0 Å². The van der Waals surface area contributed by atoms with Crippen LogP contribution in [0.15, 0.2) is 0 Å². The Morgan fingerprint density at radius 1 is 1.25 bits per heavy atom. The minimum absolute atomic E-state index is 0.0437. The van der Waals surface area contributed by atoms with Gasteiger partial charge in [0.15, 0.2) is 0 Å². The van der Waals surface area contributed by atoms with Gasteiger partial charge in [-0.3, -0.25) is 0 Å². The van der Waals surface area contributed by atoms with E-state index in [-0.39, 0.29) is 12.2 Å². The van der Waals surface area contributed by atoms with Gasteiger partial charge in [0.2, 0.25) is 0 Å². The van der Waals surface area contributed by atoms with Gasteiger partial charge in [-0.2, -0.15) is 0 Å². The summed E-state index contributed by atoms with van der Waals surface area (Å²) in [6, 6.07) is 0. The Morgan fingerprint density at radius 3 is 2.50 bits per heavy atom. The molecule has 0 spiro atoms. The summed E-state index contributed by atoms with van der Waals surface area (Å²) < 4.78 is 5.45. The second kappa shape index (κ2) is 7.29. The quantitative estimate of drug-likeness (QED) is 0.755. The molecule has 0 radical (unpaired) electrons. The zero-order chi connectivity index (χ0) is 12.0. The SMILES string of the molecule is CCCC(OC)C(O)C1CCCCC1CC. The average Bonchev–Trinajstić information content (AvgIpc) is 2.35. The van der Waals surface area contributed by atoms with Gasteiger partial charge in [-0.1, -0.05) is 46.0 Å². The molecule has 1 N–H and O–H groups in total. The van der Waals surface area contributed by atoms with Crippen molar-refractivity contribution < 1.29 is 9.84 Å². The van der Waals surface area contributed by atoms with Crippen LogP contribution < -0.4 is 0 Å². The zero-order valence-electron chi connectivity index (χ0n) is 11.1. The first-order valence-electron chi connectivity index (χ1n) is 6.95. The van der Waals surface area contributed by atoms with E-state index in [0.717, 1.165) is 12.8 Å². The van der Waals surface area contributed by atoms with E-state index in [9.17, 15) is 5.11 Å². The molecule has 0 aromatic rings. The normalized spacial score (nSPS) is 30.0. The molecule has 1 aliphatic rings. The Hall–Kier alpha value is -0.0800. The molecule has 1 aliphatic carbocycles. The summed E-state index contributed by atoms with van der Waals surface area (Å²) in [5, 5.41) is 10.4. The van der Waals surface area contributed by atoms with Crippen molar-refractivity contribution in [3.63, 3.8) is 0 Å². The van der Waals surface area contributed by atoms with Gasteiger partial charge >= 0.3 is 0 Å². The molecule has 0 aromatic carbocycles. The smallest absolute Gasteiger partial charge is 0.0832 e. The van der Waals surface area contributed by atoms with Crippen LogP contribution in [0.2, 0.25) is 0 Å². The molecule has 0 heterocycles. The van der Waals surface area contributed by atoms with Crippen LogP contribution in [0.4, 0.5) is 0 Å². The molecule has 1 fully saturated rings. The predicted molar refractivity (Wildman–Crippen MR) is 67.5 cm³/mol. The maximum Gasteiger partial charge on any atom is 0.0832 e. The van der Waals surface area contributed by atoms with Crippen LogP contribution >= 0.6 is 0 Å². The fourth-order valence-corrected chi connectivity index (χ4v) is 3.18. The Kier molecular flexibility index (Phi) is 6.37. The van der Waals surface area contributed by atoms with Crippen LogP contribution in [-0.4, -0.2) is 24.4 Å². The van der Waals surface area contributed by atoms with Crippen LogP contribution in [0.25, 0.3) is 0 Å². The maximum absolute atomic E-state index is 10.4. The molecule has 2 heteroatoms. The molecule has 16 heavy (non-hydrogen) atoms. The molecule has 0 saturated heterocycles. The van der Waals surface area contributed by atoms with Gasteiger partial charge in [-0.25, -0.2) is 0 Å². The fourth-order valence-electron chi connectivity index (χ4n) is 3.18. The number of methoxy groups -OCH3 is 1. The number of hydrogen-bond donors (Lipinski definition) is 1. The van der Waals surface area contributed by atoms with E-state index in [4.69, 9.17) is 4.74 Å². The molecule has 4 atom stereocenters. The topological polar surface area (TPSA) is 29.5 Å². The second-order valence-corrected chi connectivity index (χ2v) is 5.17. The Labute approximate surface area is 100 Å². The van der Waals surface area contributed by atoms with Crippen molar-refractivity contribution in [2.45, 2.75) is 71.0 Å². The standard InChI is InChI=1S/C14H28O2/c1-4-8-13(16-3)14(15)12-10-7-6-9-11(12)5-2/h11-15H,4-10H2,1-3H3. The molecule has 2 nitrogen and oxygen atoms in total. The van der Waals surface area contributed by atoms with E-state index < -0.39 is 0 Å². The van der Waals surface area contributed by atoms with Gasteiger partial charge in [0.1, 0.15) is 0 Å². The summed E-state index contributed by atoms with van der Waals surface area (Å²) in [6.45, 7) is 4.40. The van der Waals surface area contributed by atoms with Gasteiger partial charge in [-0.15, -0.1) is 0 Å². The molecular formula is C14H28O2. The van der Waals surface area contributed by atoms with Gasteiger partial charge in [0.25, 0.3) is 0 Å². The number of ether oxygens (including phenoxy) is 1. The van der Waals surface area contributed by atoms with E-state index in [1.54, 1.807) is 7.11 Å². The van der Waals surface area contributed by atoms with Crippen LogP contribution in [0.1, 0.15) is 58.8 Å². The monoisotopic (exact) mass is 228 g/mol. The summed E-state index contributed by atoms with van der Waals surface area (Å²) in [6.07, 6.45) is 8.14. The Balaban J connectivity index is 2.57.